The van der Waals surface area contributed by atoms with Gasteiger partial charge in [-0.1, -0.05) is 31.5 Å². The third kappa shape index (κ3) is 8.38. The number of ether oxygens (including phenoxy) is 1. The molecule has 2 aromatic heterocycles. The Morgan fingerprint density at radius 3 is 2.83 bits per heavy atom. The molecular weight excluding hydrogens is 562 g/mol. The zero-order valence-corrected chi connectivity index (χ0v) is 25.4. The van der Waals surface area contributed by atoms with Gasteiger partial charge in [0, 0.05) is 43.5 Å². The smallest absolute Gasteiger partial charge is 0.251 e. The number of hydrogen-bond donors (Lipinski definition) is 3. The summed E-state index contributed by atoms with van der Waals surface area (Å²) in [6.45, 7) is 6.59. The van der Waals surface area contributed by atoms with Crippen LogP contribution in [-0.4, -0.2) is 57.7 Å². The van der Waals surface area contributed by atoms with Crippen molar-refractivity contribution in [2.24, 2.45) is 5.92 Å². The molecule has 1 fully saturated rings. The molecule has 1 aliphatic heterocycles. The van der Waals surface area contributed by atoms with Crippen LogP contribution in [0.2, 0.25) is 5.02 Å². The fourth-order valence-electron chi connectivity index (χ4n) is 5.13. The van der Waals surface area contributed by atoms with Crippen molar-refractivity contribution in [3.05, 3.63) is 70.0 Å². The van der Waals surface area contributed by atoms with Crippen LogP contribution in [0.5, 0.6) is 5.75 Å². The number of benzene rings is 1. The zero-order valence-electron chi connectivity index (χ0n) is 23.7. The Bertz CT molecular complexity index is 1300. The van der Waals surface area contributed by atoms with Crippen LogP contribution in [0.15, 0.2) is 41.3 Å². The first-order valence-electron chi connectivity index (χ1n) is 14.1. The number of oxazole rings is 1. The minimum absolute atomic E-state index is 0. The first-order valence-corrected chi connectivity index (χ1v) is 14.5. The number of rotatable bonds is 12. The molecule has 5 rings (SSSR count). The Morgan fingerprint density at radius 1 is 1.29 bits per heavy atom. The van der Waals surface area contributed by atoms with E-state index in [4.69, 9.17) is 25.7 Å². The number of nitrogens with zero attached hydrogens (tertiary/aromatic N) is 3. The molecule has 1 atom stereocenters. The number of β-amino-alcohol motifs (C(OH)–C–C–N with tert-alkyl or cyclic N) is 1. The van der Waals surface area contributed by atoms with Gasteiger partial charge in [0.05, 0.1) is 17.3 Å². The molecule has 2 aliphatic rings. The van der Waals surface area contributed by atoms with E-state index >= 15 is 0 Å². The number of anilines is 1. The highest BCUT2D eigenvalue weighted by atomic mass is 35.5. The average molecular weight is 602 g/mol. The van der Waals surface area contributed by atoms with E-state index in [1.807, 2.05) is 24.3 Å². The van der Waals surface area contributed by atoms with Crippen LogP contribution in [0, 0.1) is 5.92 Å². The topological polar surface area (TPSA) is 113 Å². The van der Waals surface area contributed by atoms with Crippen LogP contribution in [-0.2, 0) is 26.0 Å². The molecule has 3 aromatic rings. The third-order valence-corrected chi connectivity index (χ3v) is 7.83. The van der Waals surface area contributed by atoms with E-state index in [2.05, 4.69) is 34.4 Å². The number of carbonyl (C=O) groups is 1. The summed E-state index contributed by atoms with van der Waals surface area (Å²) in [5.74, 6) is 2.24. The van der Waals surface area contributed by atoms with Crippen LogP contribution in [0.1, 0.15) is 66.0 Å². The van der Waals surface area contributed by atoms with Crippen molar-refractivity contribution in [2.45, 2.75) is 71.2 Å². The molecule has 11 heteroatoms. The van der Waals surface area contributed by atoms with Gasteiger partial charge in [-0.05, 0) is 67.3 Å². The number of aliphatic hydroxyl groups excluding tert-OH is 1. The standard InChI is InChI=1S/C30H38ClN5O4.H2S/c1-19(2)10-23-11-21(12-28(35-23)34-22-4-3-5-22)30(38)33-13-24(37)16-36-9-8-26-20(15-36)6-7-27(29(26)31)39-17-25-14-32-18-40-25;/h6-7,11-12,14,18-19,22,24,37H,3-5,8-10,13,15-17H2,1-2H3,(H,33,38)(H,34,35);1H2/t24-;/m0./s1. The second kappa shape index (κ2) is 14.4. The van der Waals surface area contributed by atoms with Gasteiger partial charge in [0.25, 0.3) is 5.91 Å². The molecule has 1 amide bonds. The van der Waals surface area contributed by atoms with E-state index in [1.54, 1.807) is 6.20 Å². The van der Waals surface area contributed by atoms with E-state index in [0.29, 0.717) is 47.1 Å². The number of aliphatic hydroxyl groups is 1. The SMILES string of the molecule is CC(C)Cc1cc(C(=O)NC[C@H](O)CN2CCc3c(ccc(OCc4cnco4)c3Cl)C2)cc(NC2CCC2)n1.S. The molecule has 1 aromatic carbocycles. The molecule has 3 heterocycles. The van der Waals surface area contributed by atoms with Crippen molar-refractivity contribution < 1.29 is 19.1 Å². The third-order valence-electron chi connectivity index (χ3n) is 7.41. The summed E-state index contributed by atoms with van der Waals surface area (Å²) in [6, 6.07) is 8.00. The maximum Gasteiger partial charge on any atom is 0.251 e. The minimum Gasteiger partial charge on any atom is -0.484 e. The fraction of sp³-hybridized carbons (Fsp3) is 0.500. The normalized spacial score (nSPS) is 15.9. The first kappa shape index (κ1) is 31.2. The predicted octanol–water partition coefficient (Wildman–Crippen LogP) is 4.73. The average Bonchev–Trinajstić information content (AvgIpc) is 3.42. The van der Waals surface area contributed by atoms with Gasteiger partial charge < -0.3 is 24.9 Å². The zero-order chi connectivity index (χ0) is 28.1. The fourth-order valence-corrected chi connectivity index (χ4v) is 5.46. The lowest BCUT2D eigenvalue weighted by molar-refractivity contribution is 0.0841. The minimum atomic E-state index is -0.699. The van der Waals surface area contributed by atoms with Crippen molar-refractivity contribution in [3.8, 4) is 5.75 Å². The lowest BCUT2D eigenvalue weighted by atomic mass is 9.93. The molecular formula is C30H40ClN5O4S. The second-order valence-corrected chi connectivity index (χ2v) is 11.6. The highest BCUT2D eigenvalue weighted by Gasteiger charge is 2.23. The Balaban J connectivity index is 0.00000387. The number of pyridine rings is 1. The summed E-state index contributed by atoms with van der Waals surface area (Å²) in [7, 11) is 0. The van der Waals surface area contributed by atoms with Gasteiger partial charge in [0.1, 0.15) is 18.2 Å². The van der Waals surface area contributed by atoms with Crippen molar-refractivity contribution >= 4 is 36.8 Å². The Kier molecular flexibility index (Phi) is 10.9. The van der Waals surface area contributed by atoms with E-state index in [9.17, 15) is 9.90 Å². The number of aromatic nitrogens is 2. The van der Waals surface area contributed by atoms with Gasteiger partial charge in [-0.2, -0.15) is 13.5 Å². The molecule has 0 bridgehead atoms. The number of fused-ring (bicyclic) bond motifs is 1. The summed E-state index contributed by atoms with van der Waals surface area (Å²) >= 11 is 6.66. The van der Waals surface area contributed by atoms with Crippen molar-refractivity contribution in [3.63, 3.8) is 0 Å². The maximum absolute atomic E-state index is 13.0. The van der Waals surface area contributed by atoms with Crippen LogP contribution in [0.3, 0.4) is 0 Å². The van der Waals surface area contributed by atoms with E-state index in [0.717, 1.165) is 54.9 Å². The number of halogens is 1. The predicted molar refractivity (Wildman–Crippen MR) is 164 cm³/mol. The molecule has 0 spiro atoms. The summed E-state index contributed by atoms with van der Waals surface area (Å²) in [6.07, 6.45) is 7.33. The van der Waals surface area contributed by atoms with Gasteiger partial charge in [-0.15, -0.1) is 0 Å². The molecule has 9 nitrogen and oxygen atoms in total. The quantitative estimate of drug-likeness (QED) is 0.273. The Hall–Kier alpha value is -2.79. The molecule has 0 radical (unpaired) electrons. The Labute approximate surface area is 253 Å². The molecule has 1 aliphatic carbocycles. The molecule has 1 saturated carbocycles. The van der Waals surface area contributed by atoms with Gasteiger partial charge >= 0.3 is 0 Å². The number of amides is 1. The van der Waals surface area contributed by atoms with Crippen molar-refractivity contribution in [1.82, 2.24) is 20.2 Å². The highest BCUT2D eigenvalue weighted by molar-refractivity contribution is 7.59. The van der Waals surface area contributed by atoms with E-state index in [-0.39, 0.29) is 32.6 Å². The van der Waals surface area contributed by atoms with Crippen molar-refractivity contribution in [2.75, 3.05) is 25.0 Å². The second-order valence-electron chi connectivity index (χ2n) is 11.2. The highest BCUT2D eigenvalue weighted by Crippen LogP contribution is 2.34. The van der Waals surface area contributed by atoms with Gasteiger partial charge in [-0.25, -0.2) is 9.97 Å². The molecule has 222 valence electrons. The van der Waals surface area contributed by atoms with Gasteiger partial charge in [-0.3, -0.25) is 9.69 Å². The monoisotopic (exact) mass is 601 g/mol. The molecule has 0 saturated heterocycles. The lowest BCUT2D eigenvalue weighted by Crippen LogP contribution is -2.42. The Morgan fingerprint density at radius 2 is 2.12 bits per heavy atom. The van der Waals surface area contributed by atoms with E-state index < -0.39 is 6.10 Å². The molecule has 0 unspecified atom stereocenters. The molecule has 41 heavy (non-hydrogen) atoms. The maximum atomic E-state index is 13.0. The summed E-state index contributed by atoms with van der Waals surface area (Å²) in [5.41, 5.74) is 3.65. The van der Waals surface area contributed by atoms with Gasteiger partial charge in [0.2, 0.25) is 0 Å². The van der Waals surface area contributed by atoms with Crippen LogP contribution < -0.4 is 15.4 Å². The summed E-state index contributed by atoms with van der Waals surface area (Å²) < 4.78 is 11.0. The summed E-state index contributed by atoms with van der Waals surface area (Å²) in [5, 5.41) is 17.7. The van der Waals surface area contributed by atoms with Crippen LogP contribution >= 0.6 is 25.1 Å². The summed E-state index contributed by atoms with van der Waals surface area (Å²) in [4.78, 5) is 23.8. The number of carbonyl (C=O) groups excluding carboxylic acids is 1. The van der Waals surface area contributed by atoms with Crippen LogP contribution in [0.4, 0.5) is 5.82 Å². The van der Waals surface area contributed by atoms with Crippen molar-refractivity contribution in [1.29, 1.82) is 0 Å². The van der Waals surface area contributed by atoms with Gasteiger partial charge in [0.15, 0.2) is 12.2 Å². The lowest BCUT2D eigenvalue weighted by Gasteiger charge is -2.31. The number of hydrogen-bond acceptors (Lipinski definition) is 8. The largest absolute Gasteiger partial charge is 0.484 e. The number of nitrogens with one attached hydrogen (secondary N) is 2. The van der Waals surface area contributed by atoms with E-state index in [1.165, 1.54) is 12.8 Å². The molecule has 3 N–H and O–H groups in total. The van der Waals surface area contributed by atoms with Crippen LogP contribution in [0.25, 0.3) is 0 Å². The first-order chi connectivity index (χ1) is 19.3.